The summed E-state index contributed by atoms with van der Waals surface area (Å²) in [4.78, 5) is 28.4. The summed E-state index contributed by atoms with van der Waals surface area (Å²) in [7, 11) is 3.53. The summed E-state index contributed by atoms with van der Waals surface area (Å²) in [6, 6.07) is 16.4. The second-order valence-corrected chi connectivity index (χ2v) is 5.86. The Balaban J connectivity index is 2.17. The second kappa shape index (κ2) is 8.29. The smallest absolute Gasteiger partial charge is 0.258 e. The molecule has 0 spiro atoms. The maximum Gasteiger partial charge on any atom is 0.258 e. The molecule has 2 aromatic carbocycles. The van der Waals surface area contributed by atoms with Crippen molar-refractivity contribution in [1.29, 1.82) is 0 Å². The molecule has 4 nitrogen and oxygen atoms in total. The van der Waals surface area contributed by atoms with Crippen LogP contribution in [-0.2, 0) is 0 Å². The Bertz CT molecular complexity index is 698. The lowest BCUT2D eigenvalue weighted by Crippen LogP contribution is -2.29. The van der Waals surface area contributed by atoms with Gasteiger partial charge in [-0.3, -0.25) is 9.59 Å². The molecule has 0 atom stereocenters. The minimum Gasteiger partial charge on any atom is -0.342 e. The zero-order chi connectivity index (χ0) is 17.5. The van der Waals surface area contributed by atoms with Crippen LogP contribution in [0.3, 0.4) is 0 Å². The van der Waals surface area contributed by atoms with Gasteiger partial charge in [-0.1, -0.05) is 37.6 Å². The van der Waals surface area contributed by atoms with Crippen molar-refractivity contribution in [1.82, 2.24) is 4.90 Å². The highest BCUT2D eigenvalue weighted by atomic mass is 16.2. The predicted octanol–water partition coefficient (Wildman–Crippen LogP) is 3.84. The lowest BCUT2D eigenvalue weighted by Gasteiger charge is -2.19. The van der Waals surface area contributed by atoms with Gasteiger partial charge in [-0.25, -0.2) is 0 Å². The van der Waals surface area contributed by atoms with E-state index in [2.05, 4.69) is 6.92 Å². The SMILES string of the molecule is CCCCN(C)C(=O)c1cccc(C(=O)N(C)c2ccccc2)c1. The number of para-hydroxylation sites is 1. The molecular formula is C20H24N2O2. The number of carbonyl (C=O) groups is 2. The zero-order valence-corrected chi connectivity index (χ0v) is 14.5. The summed E-state index contributed by atoms with van der Waals surface area (Å²) >= 11 is 0. The van der Waals surface area contributed by atoms with Crippen molar-refractivity contribution in [3.8, 4) is 0 Å². The molecule has 0 radical (unpaired) electrons. The Morgan fingerprint density at radius 2 is 1.50 bits per heavy atom. The molecule has 0 heterocycles. The minimum absolute atomic E-state index is 0.0551. The summed E-state index contributed by atoms with van der Waals surface area (Å²) in [5.41, 5.74) is 1.87. The average Bonchev–Trinajstić information content (AvgIpc) is 2.65. The number of benzene rings is 2. The first-order valence-electron chi connectivity index (χ1n) is 8.23. The first kappa shape index (κ1) is 17.7. The van der Waals surface area contributed by atoms with Crippen molar-refractivity contribution in [2.75, 3.05) is 25.5 Å². The van der Waals surface area contributed by atoms with Gasteiger partial charge in [0.15, 0.2) is 0 Å². The molecule has 2 rings (SSSR count). The Labute approximate surface area is 143 Å². The topological polar surface area (TPSA) is 40.6 Å². The van der Waals surface area contributed by atoms with Crippen molar-refractivity contribution < 1.29 is 9.59 Å². The molecule has 0 saturated heterocycles. The first-order chi connectivity index (χ1) is 11.5. The molecule has 0 aliphatic heterocycles. The van der Waals surface area contributed by atoms with Crippen LogP contribution >= 0.6 is 0 Å². The lowest BCUT2D eigenvalue weighted by atomic mass is 10.1. The van der Waals surface area contributed by atoms with E-state index in [0.717, 1.165) is 25.1 Å². The quantitative estimate of drug-likeness (QED) is 0.810. The molecule has 126 valence electrons. The van der Waals surface area contributed by atoms with Gasteiger partial charge in [0.1, 0.15) is 0 Å². The highest BCUT2D eigenvalue weighted by Crippen LogP contribution is 2.16. The second-order valence-electron chi connectivity index (χ2n) is 5.86. The molecule has 0 aliphatic carbocycles. The predicted molar refractivity (Wildman–Crippen MR) is 97.5 cm³/mol. The standard InChI is InChI=1S/C20H24N2O2/c1-4-5-14-21(2)19(23)16-10-9-11-17(15-16)20(24)22(3)18-12-7-6-8-13-18/h6-13,15H,4-5,14H2,1-3H3. The van der Waals surface area contributed by atoms with Crippen molar-refractivity contribution in [2.24, 2.45) is 0 Å². The molecule has 0 bridgehead atoms. The van der Waals surface area contributed by atoms with E-state index in [1.807, 2.05) is 30.3 Å². The van der Waals surface area contributed by atoms with Crippen LogP contribution in [0.4, 0.5) is 5.69 Å². The minimum atomic E-state index is -0.132. The number of amides is 2. The number of rotatable bonds is 6. The van der Waals surface area contributed by atoms with Gasteiger partial charge < -0.3 is 9.80 Å². The van der Waals surface area contributed by atoms with Crippen LogP contribution in [0, 0.1) is 0 Å². The average molecular weight is 324 g/mol. The van der Waals surface area contributed by atoms with E-state index in [4.69, 9.17) is 0 Å². The normalized spacial score (nSPS) is 10.3. The van der Waals surface area contributed by atoms with Gasteiger partial charge in [-0.15, -0.1) is 0 Å². The van der Waals surface area contributed by atoms with Gasteiger partial charge >= 0.3 is 0 Å². The number of unbranched alkanes of at least 4 members (excludes halogenated alkanes) is 1. The Kier molecular flexibility index (Phi) is 6.13. The maximum absolute atomic E-state index is 12.7. The molecular weight excluding hydrogens is 300 g/mol. The molecule has 2 aromatic rings. The third-order valence-electron chi connectivity index (χ3n) is 4.00. The maximum atomic E-state index is 12.7. The van der Waals surface area contributed by atoms with E-state index in [-0.39, 0.29) is 11.8 Å². The Morgan fingerprint density at radius 1 is 0.875 bits per heavy atom. The Morgan fingerprint density at radius 3 is 2.12 bits per heavy atom. The van der Waals surface area contributed by atoms with Crippen LogP contribution in [-0.4, -0.2) is 37.4 Å². The fraction of sp³-hybridized carbons (Fsp3) is 0.300. The van der Waals surface area contributed by atoms with E-state index in [1.54, 1.807) is 48.2 Å². The highest BCUT2D eigenvalue weighted by molar-refractivity contribution is 6.07. The number of hydrogen-bond donors (Lipinski definition) is 0. The fourth-order valence-corrected chi connectivity index (χ4v) is 2.46. The number of anilines is 1. The molecule has 0 fully saturated rings. The first-order valence-corrected chi connectivity index (χ1v) is 8.23. The molecule has 2 amide bonds. The molecule has 0 N–H and O–H groups in total. The van der Waals surface area contributed by atoms with Crippen molar-refractivity contribution >= 4 is 17.5 Å². The van der Waals surface area contributed by atoms with Gasteiger partial charge in [-0.2, -0.15) is 0 Å². The third-order valence-corrected chi connectivity index (χ3v) is 4.00. The van der Waals surface area contributed by atoms with Crippen LogP contribution in [0.2, 0.25) is 0 Å². The molecule has 4 heteroatoms. The van der Waals surface area contributed by atoms with Crippen LogP contribution in [0.5, 0.6) is 0 Å². The molecule has 0 aliphatic rings. The van der Waals surface area contributed by atoms with Gasteiger partial charge in [0.25, 0.3) is 11.8 Å². The largest absolute Gasteiger partial charge is 0.342 e. The summed E-state index contributed by atoms with van der Waals surface area (Å²) < 4.78 is 0. The number of hydrogen-bond acceptors (Lipinski definition) is 2. The van der Waals surface area contributed by atoms with Crippen molar-refractivity contribution in [2.45, 2.75) is 19.8 Å². The monoisotopic (exact) mass is 324 g/mol. The molecule has 0 saturated carbocycles. The van der Waals surface area contributed by atoms with Crippen LogP contribution in [0.15, 0.2) is 54.6 Å². The molecule has 0 aromatic heterocycles. The van der Waals surface area contributed by atoms with Crippen molar-refractivity contribution in [3.63, 3.8) is 0 Å². The van der Waals surface area contributed by atoms with Crippen LogP contribution in [0.25, 0.3) is 0 Å². The van der Waals surface area contributed by atoms with E-state index in [9.17, 15) is 9.59 Å². The van der Waals surface area contributed by atoms with E-state index < -0.39 is 0 Å². The van der Waals surface area contributed by atoms with E-state index >= 15 is 0 Å². The van der Waals surface area contributed by atoms with E-state index in [1.165, 1.54) is 0 Å². The number of carbonyl (C=O) groups excluding carboxylic acids is 2. The summed E-state index contributed by atoms with van der Waals surface area (Å²) in [5, 5.41) is 0. The van der Waals surface area contributed by atoms with Crippen molar-refractivity contribution in [3.05, 3.63) is 65.7 Å². The summed E-state index contributed by atoms with van der Waals surface area (Å²) in [6.45, 7) is 2.81. The molecule has 24 heavy (non-hydrogen) atoms. The third kappa shape index (κ3) is 4.22. The van der Waals surface area contributed by atoms with E-state index in [0.29, 0.717) is 11.1 Å². The van der Waals surface area contributed by atoms with Gasteiger partial charge in [-0.05, 0) is 36.8 Å². The van der Waals surface area contributed by atoms with Crippen LogP contribution in [0.1, 0.15) is 40.5 Å². The fourth-order valence-electron chi connectivity index (χ4n) is 2.46. The van der Waals surface area contributed by atoms with Gasteiger partial charge in [0, 0.05) is 37.5 Å². The zero-order valence-electron chi connectivity index (χ0n) is 14.5. The van der Waals surface area contributed by atoms with Gasteiger partial charge in [0.05, 0.1) is 0 Å². The summed E-state index contributed by atoms with van der Waals surface area (Å²) in [6.07, 6.45) is 2.01. The summed E-state index contributed by atoms with van der Waals surface area (Å²) in [5.74, 6) is -0.187. The Hall–Kier alpha value is -2.62. The highest BCUT2D eigenvalue weighted by Gasteiger charge is 2.17. The van der Waals surface area contributed by atoms with Gasteiger partial charge in [0.2, 0.25) is 0 Å². The lowest BCUT2D eigenvalue weighted by molar-refractivity contribution is 0.0793. The molecule has 0 unspecified atom stereocenters. The number of nitrogens with zero attached hydrogens (tertiary/aromatic N) is 2. The van der Waals surface area contributed by atoms with Crippen LogP contribution < -0.4 is 4.90 Å².